The Labute approximate surface area is 128 Å². The molecule has 0 spiro atoms. The Morgan fingerprint density at radius 3 is 2.76 bits per heavy atom. The lowest BCUT2D eigenvalue weighted by Gasteiger charge is -2.36. The molecule has 1 aliphatic rings. The quantitative estimate of drug-likeness (QED) is 0.859. The van der Waals surface area contributed by atoms with Crippen molar-refractivity contribution < 1.29 is 4.39 Å². The maximum absolute atomic E-state index is 14.5. The standard InChI is InChI=1S/C18H29FN2/c1-5-20-14(3)15-9-10-18(17(19)12-15)21(4)16-8-6-7-13(2)11-16/h9-10,12-14,16,20H,5-8,11H2,1-4H3. The molecular weight excluding hydrogens is 263 g/mol. The van der Waals surface area contributed by atoms with Crippen molar-refractivity contribution >= 4 is 5.69 Å². The molecule has 21 heavy (non-hydrogen) atoms. The first-order valence-electron chi connectivity index (χ1n) is 8.28. The maximum atomic E-state index is 14.5. The van der Waals surface area contributed by atoms with Gasteiger partial charge in [0.1, 0.15) is 5.82 Å². The topological polar surface area (TPSA) is 15.3 Å². The summed E-state index contributed by atoms with van der Waals surface area (Å²) < 4.78 is 14.5. The number of hydrogen-bond acceptors (Lipinski definition) is 2. The van der Waals surface area contributed by atoms with Crippen molar-refractivity contribution in [2.24, 2.45) is 5.92 Å². The number of anilines is 1. The van der Waals surface area contributed by atoms with Crippen molar-refractivity contribution in [3.05, 3.63) is 29.6 Å². The Morgan fingerprint density at radius 1 is 1.38 bits per heavy atom. The summed E-state index contributed by atoms with van der Waals surface area (Å²) in [5.74, 6) is 0.653. The first-order valence-corrected chi connectivity index (χ1v) is 8.28. The molecule has 3 atom stereocenters. The van der Waals surface area contributed by atoms with Crippen molar-refractivity contribution in [3.63, 3.8) is 0 Å². The average molecular weight is 292 g/mol. The van der Waals surface area contributed by atoms with Crippen LogP contribution in [0.2, 0.25) is 0 Å². The van der Waals surface area contributed by atoms with Crippen LogP contribution < -0.4 is 10.2 Å². The number of nitrogens with one attached hydrogen (secondary N) is 1. The summed E-state index contributed by atoms with van der Waals surface area (Å²) in [6.45, 7) is 7.34. The minimum Gasteiger partial charge on any atom is -0.369 e. The van der Waals surface area contributed by atoms with Crippen LogP contribution in [-0.2, 0) is 0 Å². The van der Waals surface area contributed by atoms with Gasteiger partial charge in [0, 0.05) is 19.1 Å². The van der Waals surface area contributed by atoms with Gasteiger partial charge in [-0.1, -0.05) is 32.8 Å². The van der Waals surface area contributed by atoms with Crippen molar-refractivity contribution in [1.29, 1.82) is 0 Å². The number of benzene rings is 1. The lowest BCUT2D eigenvalue weighted by atomic mass is 9.86. The van der Waals surface area contributed by atoms with Crippen LogP contribution in [-0.4, -0.2) is 19.6 Å². The molecule has 1 N–H and O–H groups in total. The van der Waals surface area contributed by atoms with Gasteiger partial charge in [-0.15, -0.1) is 0 Å². The highest BCUT2D eigenvalue weighted by molar-refractivity contribution is 5.50. The molecule has 0 saturated heterocycles. The molecule has 2 rings (SSSR count). The number of halogens is 1. The molecule has 0 aliphatic heterocycles. The van der Waals surface area contributed by atoms with Gasteiger partial charge in [0.15, 0.2) is 0 Å². The Morgan fingerprint density at radius 2 is 2.14 bits per heavy atom. The summed E-state index contributed by atoms with van der Waals surface area (Å²) in [6, 6.07) is 6.34. The third kappa shape index (κ3) is 3.97. The molecule has 1 aromatic carbocycles. The van der Waals surface area contributed by atoms with E-state index in [-0.39, 0.29) is 11.9 Å². The van der Waals surface area contributed by atoms with Crippen LogP contribution >= 0.6 is 0 Å². The number of nitrogens with zero attached hydrogens (tertiary/aromatic N) is 1. The molecule has 3 heteroatoms. The fraction of sp³-hybridized carbons (Fsp3) is 0.667. The van der Waals surface area contributed by atoms with Crippen molar-refractivity contribution in [1.82, 2.24) is 5.32 Å². The third-order valence-corrected chi connectivity index (χ3v) is 4.82. The number of hydrogen-bond donors (Lipinski definition) is 1. The molecule has 0 heterocycles. The van der Waals surface area contributed by atoms with Crippen LogP contribution in [0.3, 0.4) is 0 Å². The third-order valence-electron chi connectivity index (χ3n) is 4.82. The van der Waals surface area contributed by atoms with Gasteiger partial charge in [0.2, 0.25) is 0 Å². The summed E-state index contributed by atoms with van der Waals surface area (Å²) in [5.41, 5.74) is 1.75. The van der Waals surface area contributed by atoms with E-state index >= 15 is 0 Å². The van der Waals surface area contributed by atoms with Gasteiger partial charge in [0.05, 0.1) is 5.69 Å². The molecule has 0 aromatic heterocycles. The van der Waals surface area contributed by atoms with Crippen molar-refractivity contribution in [2.75, 3.05) is 18.5 Å². The predicted molar refractivity (Wildman–Crippen MR) is 88.3 cm³/mol. The fourth-order valence-corrected chi connectivity index (χ4v) is 3.45. The fourth-order valence-electron chi connectivity index (χ4n) is 3.45. The van der Waals surface area contributed by atoms with Gasteiger partial charge in [-0.05, 0) is 49.9 Å². The van der Waals surface area contributed by atoms with E-state index in [0.717, 1.165) is 23.7 Å². The average Bonchev–Trinajstić information content (AvgIpc) is 2.46. The summed E-state index contributed by atoms with van der Waals surface area (Å²) in [7, 11) is 2.04. The highest BCUT2D eigenvalue weighted by atomic mass is 19.1. The highest BCUT2D eigenvalue weighted by Crippen LogP contribution is 2.31. The first kappa shape index (κ1) is 16.3. The maximum Gasteiger partial charge on any atom is 0.146 e. The minimum absolute atomic E-state index is 0.0991. The van der Waals surface area contributed by atoms with Crippen LogP contribution in [0.25, 0.3) is 0 Å². The molecule has 0 bridgehead atoms. The lowest BCUT2D eigenvalue weighted by Crippen LogP contribution is -2.36. The molecule has 1 aromatic rings. The summed E-state index contributed by atoms with van der Waals surface area (Å²) in [6.07, 6.45) is 4.92. The highest BCUT2D eigenvalue weighted by Gasteiger charge is 2.24. The van der Waals surface area contributed by atoms with E-state index in [2.05, 4.69) is 37.1 Å². The van der Waals surface area contributed by atoms with Crippen LogP contribution in [0.5, 0.6) is 0 Å². The van der Waals surface area contributed by atoms with E-state index in [4.69, 9.17) is 0 Å². The normalized spacial score (nSPS) is 23.9. The Bertz CT molecular complexity index is 461. The van der Waals surface area contributed by atoms with Crippen molar-refractivity contribution in [2.45, 2.75) is 58.5 Å². The van der Waals surface area contributed by atoms with Gasteiger partial charge >= 0.3 is 0 Å². The second-order valence-corrected chi connectivity index (χ2v) is 6.53. The second-order valence-electron chi connectivity index (χ2n) is 6.53. The molecule has 118 valence electrons. The zero-order chi connectivity index (χ0) is 15.4. The van der Waals surface area contributed by atoms with Crippen LogP contribution in [0.15, 0.2) is 18.2 Å². The predicted octanol–water partition coefficient (Wildman–Crippen LogP) is 4.51. The molecule has 1 saturated carbocycles. The Balaban J connectivity index is 2.12. The lowest BCUT2D eigenvalue weighted by molar-refractivity contribution is 0.335. The van der Waals surface area contributed by atoms with Gasteiger partial charge in [0.25, 0.3) is 0 Å². The van der Waals surface area contributed by atoms with Gasteiger partial charge in [-0.3, -0.25) is 0 Å². The van der Waals surface area contributed by atoms with E-state index in [0.29, 0.717) is 6.04 Å². The van der Waals surface area contributed by atoms with E-state index in [1.807, 2.05) is 13.1 Å². The molecular formula is C18H29FN2. The number of rotatable bonds is 5. The smallest absolute Gasteiger partial charge is 0.146 e. The molecule has 1 fully saturated rings. The van der Waals surface area contributed by atoms with Crippen molar-refractivity contribution in [3.8, 4) is 0 Å². The second kappa shape index (κ2) is 7.26. The first-order chi connectivity index (χ1) is 10.0. The van der Waals surface area contributed by atoms with Gasteiger partial charge in [-0.2, -0.15) is 0 Å². The van der Waals surface area contributed by atoms with Crippen LogP contribution in [0, 0.1) is 11.7 Å². The van der Waals surface area contributed by atoms with Crippen LogP contribution in [0.4, 0.5) is 10.1 Å². The zero-order valence-corrected chi connectivity index (χ0v) is 13.8. The van der Waals surface area contributed by atoms with Gasteiger partial charge in [-0.25, -0.2) is 4.39 Å². The summed E-state index contributed by atoms with van der Waals surface area (Å²) in [4.78, 5) is 2.15. The largest absolute Gasteiger partial charge is 0.369 e. The van der Waals surface area contributed by atoms with Crippen LogP contribution in [0.1, 0.15) is 58.1 Å². The monoisotopic (exact) mass is 292 g/mol. The SMILES string of the molecule is CCNC(C)c1ccc(N(C)C2CCCC(C)C2)c(F)c1. The Kier molecular flexibility index (Phi) is 5.63. The van der Waals surface area contributed by atoms with E-state index in [1.165, 1.54) is 25.7 Å². The zero-order valence-electron chi connectivity index (χ0n) is 13.8. The summed E-state index contributed by atoms with van der Waals surface area (Å²) >= 11 is 0. The summed E-state index contributed by atoms with van der Waals surface area (Å²) in [5, 5.41) is 3.33. The molecule has 3 unspecified atom stereocenters. The minimum atomic E-state index is -0.0991. The van der Waals surface area contributed by atoms with E-state index in [9.17, 15) is 4.39 Å². The molecule has 1 aliphatic carbocycles. The molecule has 0 radical (unpaired) electrons. The van der Waals surface area contributed by atoms with E-state index < -0.39 is 0 Å². The van der Waals surface area contributed by atoms with Gasteiger partial charge < -0.3 is 10.2 Å². The molecule has 0 amide bonds. The van der Waals surface area contributed by atoms with E-state index in [1.54, 1.807) is 6.07 Å². The molecule has 2 nitrogen and oxygen atoms in total. The Hall–Kier alpha value is -1.09.